The van der Waals surface area contributed by atoms with Crippen molar-refractivity contribution in [1.82, 2.24) is 19.8 Å². The van der Waals surface area contributed by atoms with E-state index in [0.29, 0.717) is 25.3 Å². The molecule has 37 heavy (non-hydrogen) atoms. The number of nitrogens with zero attached hydrogens (tertiary/aromatic N) is 3. The highest BCUT2D eigenvalue weighted by atomic mass is 16.5. The van der Waals surface area contributed by atoms with Gasteiger partial charge in [0.1, 0.15) is 12.4 Å². The molecule has 0 bridgehead atoms. The maximum atomic E-state index is 13.7. The number of aromatic nitrogens is 2. The number of likely N-dealkylation sites (tertiary alicyclic amines) is 1. The van der Waals surface area contributed by atoms with E-state index < -0.39 is 0 Å². The summed E-state index contributed by atoms with van der Waals surface area (Å²) in [6, 6.07) is 19.8. The number of pyridine rings is 1. The topological polar surface area (TPSA) is 61.5 Å². The van der Waals surface area contributed by atoms with E-state index in [1.165, 1.54) is 37.9 Å². The number of rotatable bonds is 9. The first kappa shape index (κ1) is 25.0. The number of aromatic amines is 1. The molecule has 1 fully saturated rings. The SMILES string of the molecule is Cc1[nH]c2ccc(C(=O)N(Cc3ccc(OCCN4CCCCC4)cc3)Cc3ccccn3)cc2c1C. The van der Waals surface area contributed by atoms with Gasteiger partial charge in [0.2, 0.25) is 0 Å². The Kier molecular flexibility index (Phi) is 7.85. The summed E-state index contributed by atoms with van der Waals surface area (Å²) in [6.45, 7) is 9.11. The van der Waals surface area contributed by atoms with Crippen molar-refractivity contribution in [2.45, 2.75) is 46.2 Å². The van der Waals surface area contributed by atoms with Crippen molar-refractivity contribution in [2.24, 2.45) is 0 Å². The molecule has 1 amide bonds. The number of hydrogen-bond donors (Lipinski definition) is 1. The van der Waals surface area contributed by atoms with E-state index in [1.807, 2.05) is 53.4 Å². The summed E-state index contributed by atoms with van der Waals surface area (Å²) < 4.78 is 6.00. The number of ether oxygens (including phenoxy) is 1. The Balaban J connectivity index is 1.29. The van der Waals surface area contributed by atoms with Gasteiger partial charge in [0, 0.05) is 41.4 Å². The van der Waals surface area contributed by atoms with E-state index in [9.17, 15) is 4.79 Å². The van der Waals surface area contributed by atoms with Crippen LogP contribution in [0.25, 0.3) is 10.9 Å². The molecule has 3 heterocycles. The third-order valence-electron chi connectivity index (χ3n) is 7.34. The molecule has 5 rings (SSSR count). The Morgan fingerprint density at radius 1 is 1.00 bits per heavy atom. The second-order valence-electron chi connectivity index (χ2n) is 10.0. The molecule has 6 heteroatoms. The molecule has 1 saturated heterocycles. The minimum atomic E-state index is -0.00679. The summed E-state index contributed by atoms with van der Waals surface area (Å²) >= 11 is 0. The first-order valence-electron chi connectivity index (χ1n) is 13.3. The zero-order valence-electron chi connectivity index (χ0n) is 21.9. The number of fused-ring (bicyclic) bond motifs is 1. The summed E-state index contributed by atoms with van der Waals surface area (Å²) in [5, 5.41) is 1.09. The van der Waals surface area contributed by atoms with Gasteiger partial charge in [-0.3, -0.25) is 14.7 Å². The number of amides is 1. The molecule has 0 radical (unpaired) electrons. The molecule has 1 aliphatic heterocycles. The smallest absolute Gasteiger partial charge is 0.254 e. The lowest BCUT2D eigenvalue weighted by atomic mass is 10.1. The fourth-order valence-corrected chi connectivity index (χ4v) is 5.05. The number of piperidine rings is 1. The van der Waals surface area contributed by atoms with Crippen molar-refractivity contribution in [1.29, 1.82) is 0 Å². The number of carbonyl (C=O) groups is 1. The molecule has 0 atom stereocenters. The summed E-state index contributed by atoms with van der Waals surface area (Å²) in [6.07, 6.45) is 5.70. The van der Waals surface area contributed by atoms with Gasteiger partial charge in [-0.15, -0.1) is 0 Å². The Hall–Kier alpha value is -3.64. The van der Waals surface area contributed by atoms with Crippen LogP contribution in [0.2, 0.25) is 0 Å². The molecule has 1 N–H and O–H groups in total. The predicted octanol–water partition coefficient (Wildman–Crippen LogP) is 5.89. The quantitative estimate of drug-likeness (QED) is 0.314. The molecule has 2 aromatic heterocycles. The highest BCUT2D eigenvalue weighted by molar-refractivity contribution is 5.99. The molecule has 1 aliphatic rings. The fourth-order valence-electron chi connectivity index (χ4n) is 5.05. The Morgan fingerprint density at radius 2 is 1.81 bits per heavy atom. The van der Waals surface area contributed by atoms with Crippen LogP contribution in [0.3, 0.4) is 0 Å². The highest BCUT2D eigenvalue weighted by Crippen LogP contribution is 2.24. The van der Waals surface area contributed by atoms with E-state index in [2.05, 4.69) is 40.8 Å². The third kappa shape index (κ3) is 6.20. The van der Waals surface area contributed by atoms with Gasteiger partial charge in [-0.05, 0) is 93.4 Å². The van der Waals surface area contributed by atoms with Gasteiger partial charge in [0.15, 0.2) is 0 Å². The molecule has 2 aromatic carbocycles. The number of H-pyrrole nitrogens is 1. The lowest BCUT2D eigenvalue weighted by Crippen LogP contribution is -2.33. The van der Waals surface area contributed by atoms with Gasteiger partial charge < -0.3 is 14.6 Å². The van der Waals surface area contributed by atoms with Crippen LogP contribution in [0.15, 0.2) is 66.9 Å². The van der Waals surface area contributed by atoms with E-state index >= 15 is 0 Å². The van der Waals surface area contributed by atoms with E-state index in [4.69, 9.17) is 4.74 Å². The van der Waals surface area contributed by atoms with Crippen molar-refractivity contribution in [3.8, 4) is 5.75 Å². The second-order valence-corrected chi connectivity index (χ2v) is 10.0. The highest BCUT2D eigenvalue weighted by Gasteiger charge is 2.19. The number of aryl methyl sites for hydroxylation is 2. The van der Waals surface area contributed by atoms with Gasteiger partial charge in [0.25, 0.3) is 5.91 Å². The minimum absolute atomic E-state index is 0.00679. The molecule has 0 spiro atoms. The second kappa shape index (κ2) is 11.6. The molecule has 192 valence electrons. The molecule has 6 nitrogen and oxygen atoms in total. The minimum Gasteiger partial charge on any atom is -0.492 e. The van der Waals surface area contributed by atoms with Crippen molar-refractivity contribution in [2.75, 3.05) is 26.2 Å². The average Bonchev–Trinajstić information content (AvgIpc) is 3.22. The van der Waals surface area contributed by atoms with Crippen molar-refractivity contribution in [3.05, 3.63) is 94.9 Å². The van der Waals surface area contributed by atoms with Gasteiger partial charge >= 0.3 is 0 Å². The fraction of sp³-hybridized carbons (Fsp3) is 0.355. The normalized spacial score (nSPS) is 14.1. The van der Waals surface area contributed by atoms with E-state index in [-0.39, 0.29) is 5.91 Å². The number of carbonyl (C=O) groups excluding carboxylic acids is 1. The van der Waals surface area contributed by atoms with Crippen LogP contribution >= 0.6 is 0 Å². The summed E-state index contributed by atoms with van der Waals surface area (Å²) in [4.78, 5) is 25.9. The van der Waals surface area contributed by atoms with Crippen LogP contribution in [-0.4, -0.2) is 51.9 Å². The first-order chi connectivity index (χ1) is 18.1. The van der Waals surface area contributed by atoms with Crippen LogP contribution in [-0.2, 0) is 13.1 Å². The zero-order valence-corrected chi connectivity index (χ0v) is 21.9. The number of hydrogen-bond acceptors (Lipinski definition) is 4. The largest absolute Gasteiger partial charge is 0.492 e. The van der Waals surface area contributed by atoms with Gasteiger partial charge in [-0.1, -0.05) is 24.6 Å². The van der Waals surface area contributed by atoms with Crippen molar-refractivity contribution < 1.29 is 9.53 Å². The zero-order chi connectivity index (χ0) is 25.6. The molecular formula is C31H36N4O2. The summed E-state index contributed by atoms with van der Waals surface area (Å²) in [5.74, 6) is 0.861. The van der Waals surface area contributed by atoms with Gasteiger partial charge in [-0.2, -0.15) is 0 Å². The Morgan fingerprint density at radius 3 is 2.57 bits per heavy atom. The Labute approximate surface area is 219 Å². The maximum absolute atomic E-state index is 13.7. The molecule has 0 aliphatic carbocycles. The van der Waals surface area contributed by atoms with Crippen molar-refractivity contribution >= 4 is 16.8 Å². The maximum Gasteiger partial charge on any atom is 0.254 e. The summed E-state index contributed by atoms with van der Waals surface area (Å²) in [5.41, 5.74) is 5.97. The monoisotopic (exact) mass is 496 g/mol. The average molecular weight is 497 g/mol. The third-order valence-corrected chi connectivity index (χ3v) is 7.34. The van der Waals surface area contributed by atoms with Crippen molar-refractivity contribution in [3.63, 3.8) is 0 Å². The summed E-state index contributed by atoms with van der Waals surface area (Å²) in [7, 11) is 0. The first-order valence-corrected chi connectivity index (χ1v) is 13.3. The van der Waals surface area contributed by atoms with Gasteiger partial charge in [0.05, 0.1) is 12.2 Å². The van der Waals surface area contributed by atoms with Crippen LogP contribution < -0.4 is 4.74 Å². The van der Waals surface area contributed by atoms with Crippen LogP contribution in [0, 0.1) is 13.8 Å². The van der Waals surface area contributed by atoms with Crippen LogP contribution in [0.5, 0.6) is 5.75 Å². The molecule has 0 unspecified atom stereocenters. The van der Waals surface area contributed by atoms with E-state index in [1.54, 1.807) is 6.20 Å². The standard InChI is InChI=1S/C31H36N4O2/c1-23-24(2)33-30-14-11-26(20-29(23)30)31(36)35(22-27-8-4-5-15-32-27)21-25-9-12-28(13-10-25)37-19-18-34-16-6-3-7-17-34/h4-5,8-15,20,33H,3,6-7,16-19,21-22H2,1-2H3. The molecule has 0 saturated carbocycles. The number of benzene rings is 2. The van der Waals surface area contributed by atoms with Gasteiger partial charge in [-0.25, -0.2) is 0 Å². The predicted molar refractivity (Wildman–Crippen MR) is 148 cm³/mol. The van der Waals surface area contributed by atoms with E-state index in [0.717, 1.165) is 40.1 Å². The van der Waals surface area contributed by atoms with Crippen LogP contribution in [0.1, 0.15) is 52.1 Å². The van der Waals surface area contributed by atoms with Crippen LogP contribution in [0.4, 0.5) is 0 Å². The molecule has 4 aromatic rings. The lowest BCUT2D eigenvalue weighted by molar-refractivity contribution is 0.0728. The number of nitrogens with one attached hydrogen (secondary N) is 1. The molecular weight excluding hydrogens is 460 g/mol. The Bertz CT molecular complexity index is 1320. The lowest BCUT2D eigenvalue weighted by Gasteiger charge is -2.26.